The van der Waals surface area contributed by atoms with Gasteiger partial charge in [0.05, 0.1) is 5.56 Å². The molecule has 0 saturated carbocycles. The minimum Gasteiger partial charge on any atom is -0.339 e. The van der Waals surface area contributed by atoms with Crippen molar-refractivity contribution >= 4 is 5.91 Å². The van der Waals surface area contributed by atoms with E-state index in [9.17, 15) is 13.6 Å². The molecule has 0 heterocycles. The van der Waals surface area contributed by atoms with Crippen LogP contribution >= 0.6 is 0 Å². The summed E-state index contributed by atoms with van der Waals surface area (Å²) in [5, 5.41) is 0. The number of carbonyl (C=O) groups is 1. The topological polar surface area (TPSA) is 46.3 Å². The highest BCUT2D eigenvalue weighted by atomic mass is 19.1. The van der Waals surface area contributed by atoms with Crippen LogP contribution in [-0.4, -0.2) is 30.4 Å². The SMILES string of the molecule is CCN(CCCN)C(=O)c1cc(F)ccc1F. The Morgan fingerprint density at radius 2 is 2.12 bits per heavy atom. The van der Waals surface area contributed by atoms with Crippen molar-refractivity contribution in [2.24, 2.45) is 5.73 Å². The summed E-state index contributed by atoms with van der Waals surface area (Å²) in [5.74, 6) is -1.83. The third-order valence-electron chi connectivity index (χ3n) is 2.46. The molecule has 3 nitrogen and oxygen atoms in total. The molecule has 0 spiro atoms. The first-order valence-corrected chi connectivity index (χ1v) is 5.54. The molecule has 17 heavy (non-hydrogen) atoms. The first-order valence-electron chi connectivity index (χ1n) is 5.54. The van der Waals surface area contributed by atoms with E-state index in [0.29, 0.717) is 26.1 Å². The van der Waals surface area contributed by atoms with Crippen LogP contribution in [0.1, 0.15) is 23.7 Å². The smallest absolute Gasteiger partial charge is 0.256 e. The molecule has 1 rings (SSSR count). The predicted octanol–water partition coefficient (Wildman–Crippen LogP) is 1.78. The van der Waals surface area contributed by atoms with Crippen LogP contribution in [0.25, 0.3) is 0 Å². The lowest BCUT2D eigenvalue weighted by atomic mass is 10.1. The average Bonchev–Trinajstić information content (AvgIpc) is 2.33. The van der Waals surface area contributed by atoms with E-state index < -0.39 is 17.5 Å². The largest absolute Gasteiger partial charge is 0.339 e. The van der Waals surface area contributed by atoms with E-state index in [1.54, 1.807) is 6.92 Å². The summed E-state index contributed by atoms with van der Waals surface area (Å²) in [6.45, 7) is 3.12. The Morgan fingerprint density at radius 3 is 2.71 bits per heavy atom. The monoisotopic (exact) mass is 242 g/mol. The van der Waals surface area contributed by atoms with Gasteiger partial charge in [0.2, 0.25) is 0 Å². The van der Waals surface area contributed by atoms with Crippen molar-refractivity contribution in [1.82, 2.24) is 4.90 Å². The summed E-state index contributed by atoms with van der Waals surface area (Å²) >= 11 is 0. The van der Waals surface area contributed by atoms with E-state index in [1.165, 1.54) is 4.90 Å². The molecule has 1 amide bonds. The van der Waals surface area contributed by atoms with Crippen LogP contribution in [0.3, 0.4) is 0 Å². The van der Waals surface area contributed by atoms with Gasteiger partial charge in [0, 0.05) is 13.1 Å². The molecule has 5 heteroatoms. The molecule has 0 fully saturated rings. The minimum atomic E-state index is -0.706. The Bertz CT molecular complexity index is 396. The lowest BCUT2D eigenvalue weighted by Crippen LogP contribution is -2.33. The number of benzene rings is 1. The van der Waals surface area contributed by atoms with Gasteiger partial charge in [0.1, 0.15) is 11.6 Å². The summed E-state index contributed by atoms with van der Waals surface area (Å²) in [7, 11) is 0. The molecular formula is C12H16F2N2O. The van der Waals surface area contributed by atoms with Crippen molar-refractivity contribution in [3.63, 3.8) is 0 Å². The molecule has 0 atom stereocenters. The number of nitrogens with two attached hydrogens (primary N) is 1. The van der Waals surface area contributed by atoms with Crippen LogP contribution in [0.4, 0.5) is 8.78 Å². The Labute approximate surface area is 99.2 Å². The van der Waals surface area contributed by atoms with Crippen LogP contribution < -0.4 is 5.73 Å². The maximum absolute atomic E-state index is 13.4. The highest BCUT2D eigenvalue weighted by Crippen LogP contribution is 2.12. The second-order valence-electron chi connectivity index (χ2n) is 3.65. The Kier molecular flexibility index (Phi) is 5.03. The van der Waals surface area contributed by atoms with Crippen molar-refractivity contribution in [3.05, 3.63) is 35.4 Å². The number of nitrogens with zero attached hydrogens (tertiary/aromatic N) is 1. The third kappa shape index (κ3) is 3.49. The molecule has 0 bridgehead atoms. The minimum absolute atomic E-state index is 0.233. The fourth-order valence-electron chi connectivity index (χ4n) is 1.52. The second kappa shape index (κ2) is 6.30. The lowest BCUT2D eigenvalue weighted by Gasteiger charge is -2.20. The van der Waals surface area contributed by atoms with Gasteiger partial charge in [-0.25, -0.2) is 8.78 Å². The van der Waals surface area contributed by atoms with Crippen LogP contribution in [0, 0.1) is 11.6 Å². The molecule has 0 unspecified atom stereocenters. The van der Waals surface area contributed by atoms with Crippen molar-refractivity contribution < 1.29 is 13.6 Å². The van der Waals surface area contributed by atoms with Crippen molar-refractivity contribution in [1.29, 1.82) is 0 Å². The van der Waals surface area contributed by atoms with Gasteiger partial charge in [-0.05, 0) is 38.1 Å². The van der Waals surface area contributed by atoms with Gasteiger partial charge < -0.3 is 10.6 Å². The van der Waals surface area contributed by atoms with Crippen LogP contribution in [-0.2, 0) is 0 Å². The van der Waals surface area contributed by atoms with Gasteiger partial charge in [-0.2, -0.15) is 0 Å². The zero-order chi connectivity index (χ0) is 12.8. The van der Waals surface area contributed by atoms with Gasteiger partial charge in [-0.3, -0.25) is 4.79 Å². The molecule has 1 aromatic carbocycles. The van der Waals surface area contributed by atoms with E-state index in [-0.39, 0.29) is 5.56 Å². The molecule has 2 N–H and O–H groups in total. The van der Waals surface area contributed by atoms with Crippen molar-refractivity contribution in [3.8, 4) is 0 Å². The highest BCUT2D eigenvalue weighted by molar-refractivity contribution is 5.94. The normalized spacial score (nSPS) is 10.4. The third-order valence-corrected chi connectivity index (χ3v) is 2.46. The molecule has 0 aliphatic rings. The molecule has 0 aromatic heterocycles. The molecule has 0 radical (unpaired) electrons. The standard InChI is InChI=1S/C12H16F2N2O/c1-2-16(7-3-6-15)12(17)10-8-9(13)4-5-11(10)14/h4-5,8H,2-3,6-7,15H2,1H3. The lowest BCUT2D eigenvalue weighted by molar-refractivity contribution is 0.0758. The Balaban J connectivity index is 2.89. The van der Waals surface area contributed by atoms with E-state index >= 15 is 0 Å². The second-order valence-corrected chi connectivity index (χ2v) is 3.65. The van der Waals surface area contributed by atoms with Crippen molar-refractivity contribution in [2.75, 3.05) is 19.6 Å². The summed E-state index contributed by atoms with van der Waals surface area (Å²) in [5.41, 5.74) is 5.12. The Hall–Kier alpha value is -1.49. The molecule has 94 valence electrons. The fraction of sp³-hybridized carbons (Fsp3) is 0.417. The Morgan fingerprint density at radius 1 is 1.41 bits per heavy atom. The first kappa shape index (κ1) is 13.6. The predicted molar refractivity (Wildman–Crippen MR) is 61.6 cm³/mol. The summed E-state index contributed by atoms with van der Waals surface area (Å²) < 4.78 is 26.4. The number of amides is 1. The number of halogens is 2. The van der Waals surface area contributed by atoms with Crippen LogP contribution in [0.15, 0.2) is 18.2 Å². The summed E-state index contributed by atoms with van der Waals surface area (Å²) in [4.78, 5) is 13.4. The zero-order valence-electron chi connectivity index (χ0n) is 9.75. The number of hydrogen-bond acceptors (Lipinski definition) is 2. The maximum Gasteiger partial charge on any atom is 0.256 e. The van der Waals surface area contributed by atoms with Crippen molar-refractivity contribution in [2.45, 2.75) is 13.3 Å². The number of carbonyl (C=O) groups excluding carboxylic acids is 1. The first-order chi connectivity index (χ1) is 8.10. The maximum atomic E-state index is 13.4. The van der Waals surface area contributed by atoms with E-state index in [0.717, 1.165) is 18.2 Å². The summed E-state index contributed by atoms with van der Waals surface area (Å²) in [6, 6.07) is 2.87. The molecule has 0 aliphatic heterocycles. The van der Waals surface area contributed by atoms with E-state index in [4.69, 9.17) is 5.73 Å². The quantitative estimate of drug-likeness (QED) is 0.855. The summed E-state index contributed by atoms with van der Waals surface area (Å²) in [6.07, 6.45) is 0.635. The van der Waals surface area contributed by atoms with Gasteiger partial charge in [0.25, 0.3) is 5.91 Å². The van der Waals surface area contributed by atoms with Crippen LogP contribution in [0.5, 0.6) is 0 Å². The van der Waals surface area contributed by atoms with E-state index in [1.807, 2.05) is 0 Å². The van der Waals surface area contributed by atoms with Gasteiger partial charge >= 0.3 is 0 Å². The van der Waals surface area contributed by atoms with Crippen LogP contribution in [0.2, 0.25) is 0 Å². The molecule has 0 aliphatic carbocycles. The average molecular weight is 242 g/mol. The van der Waals surface area contributed by atoms with Gasteiger partial charge in [0.15, 0.2) is 0 Å². The molecule has 0 saturated heterocycles. The van der Waals surface area contributed by atoms with Gasteiger partial charge in [-0.1, -0.05) is 0 Å². The van der Waals surface area contributed by atoms with E-state index in [2.05, 4.69) is 0 Å². The highest BCUT2D eigenvalue weighted by Gasteiger charge is 2.18. The fourth-order valence-corrected chi connectivity index (χ4v) is 1.52. The van der Waals surface area contributed by atoms with Gasteiger partial charge in [-0.15, -0.1) is 0 Å². The molecular weight excluding hydrogens is 226 g/mol. The number of rotatable bonds is 5. The zero-order valence-corrected chi connectivity index (χ0v) is 9.75. The number of hydrogen-bond donors (Lipinski definition) is 1. The molecule has 1 aromatic rings.